The molecule has 1 rings (SSSR count). The summed E-state index contributed by atoms with van der Waals surface area (Å²) in [4.78, 5) is 22.0. The van der Waals surface area contributed by atoms with Gasteiger partial charge < -0.3 is 10.6 Å². The molecule has 2 unspecified atom stereocenters. The van der Waals surface area contributed by atoms with E-state index in [1.165, 1.54) is 6.92 Å². The van der Waals surface area contributed by atoms with Crippen LogP contribution in [-0.4, -0.2) is 29.6 Å². The van der Waals surface area contributed by atoms with Crippen molar-refractivity contribution in [1.82, 2.24) is 10.6 Å². The molecule has 1 heterocycles. The van der Waals surface area contributed by atoms with E-state index in [4.69, 9.17) is 0 Å². The molecular weight excluding hydrogens is 201 g/mol. The summed E-state index contributed by atoms with van der Waals surface area (Å²) in [5.74, 6) is -2.08. The SMILES string of the molecule is CC1NC(=O)C(C)(C(F)(F)F)NC1=O. The van der Waals surface area contributed by atoms with Crippen LogP contribution in [0.15, 0.2) is 0 Å². The van der Waals surface area contributed by atoms with Crippen LogP contribution >= 0.6 is 0 Å². The Hall–Kier alpha value is -1.27. The molecule has 2 N–H and O–H groups in total. The van der Waals surface area contributed by atoms with Crippen LogP contribution in [0.1, 0.15) is 13.8 Å². The van der Waals surface area contributed by atoms with E-state index < -0.39 is 29.6 Å². The molecule has 0 radical (unpaired) electrons. The summed E-state index contributed by atoms with van der Waals surface area (Å²) in [6.07, 6.45) is -4.80. The van der Waals surface area contributed by atoms with Crippen molar-refractivity contribution in [2.24, 2.45) is 0 Å². The minimum absolute atomic E-state index is 0.631. The Kier molecular flexibility index (Phi) is 2.21. The molecule has 14 heavy (non-hydrogen) atoms. The van der Waals surface area contributed by atoms with E-state index in [9.17, 15) is 22.8 Å². The van der Waals surface area contributed by atoms with Crippen molar-refractivity contribution >= 4 is 11.8 Å². The molecule has 1 aliphatic heterocycles. The fourth-order valence-electron chi connectivity index (χ4n) is 1.02. The third kappa shape index (κ3) is 1.42. The van der Waals surface area contributed by atoms with Crippen molar-refractivity contribution in [3.63, 3.8) is 0 Å². The molecule has 0 bridgehead atoms. The highest BCUT2D eigenvalue weighted by molar-refractivity contribution is 5.99. The summed E-state index contributed by atoms with van der Waals surface area (Å²) in [7, 11) is 0. The van der Waals surface area contributed by atoms with Gasteiger partial charge in [-0.25, -0.2) is 0 Å². The fraction of sp³-hybridized carbons (Fsp3) is 0.714. The number of hydrogen-bond donors (Lipinski definition) is 2. The van der Waals surface area contributed by atoms with E-state index in [1.54, 1.807) is 5.32 Å². The monoisotopic (exact) mass is 210 g/mol. The van der Waals surface area contributed by atoms with Gasteiger partial charge in [0.25, 0.3) is 5.91 Å². The molecule has 80 valence electrons. The lowest BCUT2D eigenvalue weighted by atomic mass is 9.96. The van der Waals surface area contributed by atoms with E-state index >= 15 is 0 Å². The first-order chi connectivity index (χ1) is 6.18. The Morgan fingerprint density at radius 1 is 1.36 bits per heavy atom. The molecule has 1 saturated heterocycles. The first kappa shape index (κ1) is 10.8. The molecule has 0 saturated carbocycles. The van der Waals surface area contributed by atoms with Crippen LogP contribution in [-0.2, 0) is 9.59 Å². The highest BCUT2D eigenvalue weighted by Gasteiger charge is 2.60. The number of amides is 2. The minimum Gasteiger partial charge on any atom is -0.342 e. The number of rotatable bonds is 0. The number of alkyl halides is 3. The molecular formula is C7H9F3N2O2. The summed E-state index contributed by atoms with van der Waals surface area (Å²) in [6.45, 7) is 1.94. The van der Waals surface area contributed by atoms with Crippen LogP contribution in [0.2, 0.25) is 0 Å². The quantitative estimate of drug-likeness (QED) is 0.588. The van der Waals surface area contributed by atoms with Gasteiger partial charge in [-0.3, -0.25) is 9.59 Å². The van der Waals surface area contributed by atoms with Crippen LogP contribution in [0.5, 0.6) is 0 Å². The Labute approximate surface area is 77.8 Å². The molecule has 1 aliphatic rings. The zero-order chi connectivity index (χ0) is 11.1. The normalized spacial score (nSPS) is 33.6. The van der Waals surface area contributed by atoms with Gasteiger partial charge in [0.15, 0.2) is 0 Å². The second-order valence-corrected chi connectivity index (χ2v) is 3.31. The first-order valence-corrected chi connectivity index (χ1v) is 3.88. The van der Waals surface area contributed by atoms with Gasteiger partial charge in [-0.2, -0.15) is 13.2 Å². The predicted octanol–water partition coefficient (Wildman–Crippen LogP) is -0.0581. The van der Waals surface area contributed by atoms with Crippen molar-refractivity contribution in [3.05, 3.63) is 0 Å². The van der Waals surface area contributed by atoms with Crippen molar-refractivity contribution < 1.29 is 22.8 Å². The Morgan fingerprint density at radius 2 is 1.86 bits per heavy atom. The van der Waals surface area contributed by atoms with Crippen molar-refractivity contribution in [1.29, 1.82) is 0 Å². The number of nitrogens with one attached hydrogen (secondary N) is 2. The molecule has 2 atom stereocenters. The van der Waals surface area contributed by atoms with Crippen LogP contribution in [0.4, 0.5) is 13.2 Å². The van der Waals surface area contributed by atoms with Gasteiger partial charge in [-0.05, 0) is 13.8 Å². The summed E-state index contributed by atoms with van der Waals surface area (Å²) < 4.78 is 37.2. The number of piperazine rings is 1. The van der Waals surface area contributed by atoms with Gasteiger partial charge in [0.1, 0.15) is 6.04 Å². The Balaban J connectivity index is 3.01. The Bertz CT molecular complexity index is 289. The van der Waals surface area contributed by atoms with Crippen molar-refractivity contribution in [3.8, 4) is 0 Å². The van der Waals surface area contributed by atoms with E-state index in [-0.39, 0.29) is 0 Å². The van der Waals surface area contributed by atoms with Gasteiger partial charge in [-0.15, -0.1) is 0 Å². The van der Waals surface area contributed by atoms with Crippen molar-refractivity contribution in [2.75, 3.05) is 0 Å². The molecule has 7 heteroatoms. The van der Waals surface area contributed by atoms with Gasteiger partial charge >= 0.3 is 6.18 Å². The zero-order valence-electron chi connectivity index (χ0n) is 7.53. The zero-order valence-corrected chi connectivity index (χ0v) is 7.53. The maximum atomic E-state index is 12.4. The second kappa shape index (κ2) is 2.86. The molecule has 4 nitrogen and oxygen atoms in total. The van der Waals surface area contributed by atoms with E-state index in [0.717, 1.165) is 0 Å². The summed E-state index contributed by atoms with van der Waals surface area (Å²) in [5.41, 5.74) is -2.82. The number of hydrogen-bond acceptors (Lipinski definition) is 2. The summed E-state index contributed by atoms with van der Waals surface area (Å²) in [5, 5.41) is 3.61. The molecule has 1 fully saturated rings. The third-order valence-electron chi connectivity index (χ3n) is 2.14. The topological polar surface area (TPSA) is 58.2 Å². The highest BCUT2D eigenvalue weighted by Crippen LogP contribution is 2.31. The average molecular weight is 210 g/mol. The lowest BCUT2D eigenvalue weighted by molar-refractivity contribution is -0.201. The standard InChI is InChI=1S/C7H9F3N2O2/c1-3-4(13)12-6(2,5(14)11-3)7(8,9)10/h3H,1-2H3,(H,11,14)(H,12,13). The largest absolute Gasteiger partial charge is 0.420 e. The number of carbonyl (C=O) groups is 2. The van der Waals surface area contributed by atoms with Crippen LogP contribution in [0.25, 0.3) is 0 Å². The average Bonchev–Trinajstić information content (AvgIpc) is 1.99. The van der Waals surface area contributed by atoms with E-state index in [0.29, 0.717) is 6.92 Å². The van der Waals surface area contributed by atoms with Gasteiger partial charge in [0.05, 0.1) is 0 Å². The van der Waals surface area contributed by atoms with Crippen LogP contribution in [0, 0.1) is 0 Å². The maximum Gasteiger partial charge on any atom is 0.420 e. The second-order valence-electron chi connectivity index (χ2n) is 3.31. The van der Waals surface area contributed by atoms with Gasteiger partial charge in [0.2, 0.25) is 11.4 Å². The predicted molar refractivity (Wildman–Crippen MR) is 40.2 cm³/mol. The smallest absolute Gasteiger partial charge is 0.342 e. The molecule has 2 amide bonds. The van der Waals surface area contributed by atoms with E-state index in [2.05, 4.69) is 0 Å². The fourth-order valence-corrected chi connectivity index (χ4v) is 1.02. The summed E-state index contributed by atoms with van der Waals surface area (Å²) >= 11 is 0. The molecule has 0 aromatic heterocycles. The number of halogens is 3. The third-order valence-corrected chi connectivity index (χ3v) is 2.14. The highest BCUT2D eigenvalue weighted by atomic mass is 19.4. The summed E-state index contributed by atoms with van der Waals surface area (Å²) in [6, 6.07) is -0.932. The van der Waals surface area contributed by atoms with Crippen LogP contribution in [0.3, 0.4) is 0 Å². The van der Waals surface area contributed by atoms with E-state index in [1.807, 2.05) is 5.32 Å². The minimum atomic E-state index is -4.80. The first-order valence-electron chi connectivity index (χ1n) is 3.88. The van der Waals surface area contributed by atoms with Crippen LogP contribution < -0.4 is 10.6 Å². The Morgan fingerprint density at radius 3 is 2.29 bits per heavy atom. The van der Waals surface area contributed by atoms with Gasteiger partial charge in [-0.1, -0.05) is 0 Å². The maximum absolute atomic E-state index is 12.4. The molecule has 0 spiro atoms. The van der Waals surface area contributed by atoms with Crippen molar-refractivity contribution in [2.45, 2.75) is 31.6 Å². The molecule has 0 aromatic rings. The van der Waals surface area contributed by atoms with Gasteiger partial charge in [0, 0.05) is 0 Å². The lowest BCUT2D eigenvalue weighted by Crippen LogP contribution is -2.72. The lowest BCUT2D eigenvalue weighted by Gasteiger charge is -2.37. The molecule has 0 aromatic carbocycles. The molecule has 0 aliphatic carbocycles. The number of carbonyl (C=O) groups excluding carboxylic acids is 2.